The quantitative estimate of drug-likeness (QED) is 0.129. The number of hydrogen-bond donors (Lipinski definition) is 0. The van der Waals surface area contributed by atoms with Crippen LogP contribution in [0.4, 0.5) is 0 Å². The summed E-state index contributed by atoms with van der Waals surface area (Å²) in [5.41, 5.74) is 4.38. The topological polar surface area (TPSA) is 46.2 Å². The van der Waals surface area contributed by atoms with Gasteiger partial charge in [0.15, 0.2) is 6.29 Å². The van der Waals surface area contributed by atoms with Crippen LogP contribution in [0.25, 0.3) is 0 Å². The lowest BCUT2D eigenvalue weighted by molar-refractivity contribution is -0.275. The summed E-state index contributed by atoms with van der Waals surface area (Å²) in [6.45, 7) is 1.13. The van der Waals surface area contributed by atoms with Crippen molar-refractivity contribution in [3.63, 3.8) is 0 Å². The second kappa shape index (κ2) is 15.3. The third-order valence-corrected chi connectivity index (χ3v) is 8.34. The van der Waals surface area contributed by atoms with Crippen LogP contribution < -0.4 is 0 Å². The molecule has 1 fully saturated rings. The van der Waals surface area contributed by atoms with Gasteiger partial charge >= 0.3 is 0 Å². The molecule has 0 aromatic heterocycles. The molecule has 230 valence electrons. The summed E-state index contributed by atoms with van der Waals surface area (Å²) in [6.07, 6.45) is -1.07. The van der Waals surface area contributed by atoms with Crippen LogP contribution in [0.5, 0.6) is 0 Å². The highest BCUT2D eigenvalue weighted by Crippen LogP contribution is 2.41. The fourth-order valence-electron chi connectivity index (χ4n) is 6.07. The van der Waals surface area contributed by atoms with Gasteiger partial charge in [0.1, 0.15) is 17.8 Å². The molecule has 5 aromatic rings. The van der Waals surface area contributed by atoms with Crippen molar-refractivity contribution in [1.29, 1.82) is 0 Å². The molecule has 0 N–H and O–H groups in total. The third-order valence-electron chi connectivity index (χ3n) is 8.34. The third kappa shape index (κ3) is 7.42. The molecule has 0 bridgehead atoms. The van der Waals surface area contributed by atoms with E-state index < -0.39 is 24.1 Å². The van der Waals surface area contributed by atoms with Crippen LogP contribution in [0.15, 0.2) is 152 Å². The summed E-state index contributed by atoms with van der Waals surface area (Å²) in [6, 6.07) is 51.5. The highest BCUT2D eigenvalue weighted by atomic mass is 16.7. The van der Waals surface area contributed by atoms with E-state index in [4.69, 9.17) is 23.7 Å². The van der Waals surface area contributed by atoms with E-state index >= 15 is 0 Å². The number of ether oxygens (including phenoxy) is 5. The van der Waals surface area contributed by atoms with Gasteiger partial charge in [0, 0.05) is 13.5 Å². The normalized spacial score (nSPS) is 20.1. The standard InChI is InChI=1S/C40H40O5/c1-41-38-27-36(42-28-31-17-7-2-8-18-31)39(43-29-32-19-9-3-10-20-32)37(45-38)30-44-40(33-21-11-4-12-22-33,34-23-13-5-14-24-34)35-25-15-6-16-26-35/h2-26,36-39H,27-30H2,1H3/t36-,37-,38?,39+/m1/s1. The van der Waals surface area contributed by atoms with Crippen molar-refractivity contribution in [3.05, 3.63) is 179 Å². The first-order valence-electron chi connectivity index (χ1n) is 15.6. The van der Waals surface area contributed by atoms with Crippen molar-refractivity contribution < 1.29 is 23.7 Å². The molecule has 1 aliphatic heterocycles. The molecule has 1 unspecified atom stereocenters. The largest absolute Gasteiger partial charge is 0.371 e. The molecule has 1 aliphatic rings. The molecule has 0 spiro atoms. The van der Waals surface area contributed by atoms with E-state index in [1.54, 1.807) is 7.11 Å². The number of rotatable bonds is 13. The Balaban J connectivity index is 1.35. The Kier molecular flexibility index (Phi) is 10.5. The van der Waals surface area contributed by atoms with Gasteiger partial charge in [-0.1, -0.05) is 152 Å². The molecule has 0 amide bonds. The van der Waals surface area contributed by atoms with Crippen molar-refractivity contribution in [3.8, 4) is 0 Å². The molecule has 45 heavy (non-hydrogen) atoms. The van der Waals surface area contributed by atoms with Crippen LogP contribution in [0.2, 0.25) is 0 Å². The van der Waals surface area contributed by atoms with Gasteiger partial charge < -0.3 is 23.7 Å². The summed E-state index contributed by atoms with van der Waals surface area (Å²) in [5.74, 6) is 0. The second-order valence-corrected chi connectivity index (χ2v) is 11.3. The molecular formula is C40H40O5. The molecule has 5 nitrogen and oxygen atoms in total. The van der Waals surface area contributed by atoms with E-state index in [1.165, 1.54) is 0 Å². The SMILES string of the molecule is COC1C[C@@H](OCc2ccccc2)[C@H](OCc2ccccc2)[C@@H](COC(c2ccccc2)(c2ccccc2)c2ccccc2)O1. The molecule has 0 aliphatic carbocycles. The number of benzene rings is 5. The van der Waals surface area contributed by atoms with E-state index in [0.29, 0.717) is 19.6 Å². The van der Waals surface area contributed by atoms with Crippen LogP contribution in [0.3, 0.4) is 0 Å². The molecule has 4 atom stereocenters. The van der Waals surface area contributed by atoms with Gasteiger partial charge in [0.05, 0.1) is 25.9 Å². The maximum absolute atomic E-state index is 7.20. The summed E-state index contributed by atoms with van der Waals surface area (Å²) >= 11 is 0. The molecule has 5 heteroatoms. The average molecular weight is 601 g/mol. The lowest BCUT2D eigenvalue weighted by Crippen LogP contribution is -2.53. The lowest BCUT2D eigenvalue weighted by Gasteiger charge is -2.43. The minimum atomic E-state index is -0.891. The zero-order valence-corrected chi connectivity index (χ0v) is 25.6. The fraction of sp³-hybridized carbons (Fsp3) is 0.250. The van der Waals surface area contributed by atoms with Gasteiger partial charge in [-0.3, -0.25) is 0 Å². The van der Waals surface area contributed by atoms with Crippen LogP contribution >= 0.6 is 0 Å². The zero-order chi connectivity index (χ0) is 30.7. The Bertz CT molecular complexity index is 1450. The highest BCUT2D eigenvalue weighted by Gasteiger charge is 2.44. The first-order chi connectivity index (χ1) is 22.3. The molecular weight excluding hydrogens is 560 g/mol. The first-order valence-corrected chi connectivity index (χ1v) is 15.6. The predicted octanol–water partition coefficient (Wildman–Crippen LogP) is 7.93. The van der Waals surface area contributed by atoms with Crippen LogP contribution in [-0.4, -0.2) is 38.3 Å². The minimum absolute atomic E-state index is 0.239. The molecule has 1 saturated heterocycles. The maximum Gasteiger partial charge on any atom is 0.160 e. The summed E-state index contributed by atoms with van der Waals surface area (Å²) < 4.78 is 32.8. The number of hydrogen-bond acceptors (Lipinski definition) is 5. The molecule has 5 aromatic carbocycles. The Labute approximate surface area is 266 Å². The van der Waals surface area contributed by atoms with E-state index in [-0.39, 0.29) is 12.7 Å². The van der Waals surface area contributed by atoms with Gasteiger partial charge in [-0.2, -0.15) is 0 Å². The smallest absolute Gasteiger partial charge is 0.160 e. The van der Waals surface area contributed by atoms with Crippen molar-refractivity contribution in [1.82, 2.24) is 0 Å². The summed E-state index contributed by atoms with van der Waals surface area (Å²) in [4.78, 5) is 0. The summed E-state index contributed by atoms with van der Waals surface area (Å²) in [5, 5.41) is 0. The first kappa shape index (κ1) is 30.9. The Morgan fingerprint density at radius 2 is 1.00 bits per heavy atom. The Morgan fingerprint density at radius 1 is 0.578 bits per heavy atom. The van der Waals surface area contributed by atoms with Gasteiger partial charge in [-0.25, -0.2) is 0 Å². The fourth-order valence-corrected chi connectivity index (χ4v) is 6.07. The highest BCUT2D eigenvalue weighted by molar-refractivity contribution is 5.47. The average Bonchev–Trinajstić information content (AvgIpc) is 3.12. The van der Waals surface area contributed by atoms with Crippen molar-refractivity contribution in [2.24, 2.45) is 0 Å². The Hall–Kier alpha value is -4.10. The van der Waals surface area contributed by atoms with E-state index in [0.717, 1.165) is 27.8 Å². The van der Waals surface area contributed by atoms with Crippen LogP contribution in [0.1, 0.15) is 34.2 Å². The zero-order valence-electron chi connectivity index (χ0n) is 25.6. The second-order valence-electron chi connectivity index (χ2n) is 11.3. The van der Waals surface area contributed by atoms with Gasteiger partial charge in [0.25, 0.3) is 0 Å². The van der Waals surface area contributed by atoms with E-state index in [2.05, 4.69) is 97.1 Å². The van der Waals surface area contributed by atoms with Crippen molar-refractivity contribution in [2.45, 2.75) is 49.8 Å². The predicted molar refractivity (Wildman–Crippen MR) is 175 cm³/mol. The minimum Gasteiger partial charge on any atom is -0.371 e. The van der Waals surface area contributed by atoms with E-state index in [1.807, 2.05) is 54.6 Å². The van der Waals surface area contributed by atoms with E-state index in [9.17, 15) is 0 Å². The maximum atomic E-state index is 7.20. The lowest BCUT2D eigenvalue weighted by atomic mass is 9.80. The molecule has 0 saturated carbocycles. The van der Waals surface area contributed by atoms with Gasteiger partial charge in [-0.15, -0.1) is 0 Å². The molecule has 1 heterocycles. The van der Waals surface area contributed by atoms with Crippen LogP contribution in [-0.2, 0) is 42.5 Å². The molecule has 6 rings (SSSR count). The molecule has 0 radical (unpaired) electrons. The summed E-state index contributed by atoms with van der Waals surface area (Å²) in [7, 11) is 1.67. The van der Waals surface area contributed by atoms with Crippen molar-refractivity contribution in [2.75, 3.05) is 13.7 Å². The Morgan fingerprint density at radius 3 is 1.44 bits per heavy atom. The van der Waals surface area contributed by atoms with Crippen LogP contribution in [0, 0.1) is 0 Å². The van der Waals surface area contributed by atoms with Gasteiger partial charge in [-0.05, 0) is 27.8 Å². The monoisotopic (exact) mass is 600 g/mol. The number of methoxy groups -OCH3 is 1. The van der Waals surface area contributed by atoms with Crippen molar-refractivity contribution >= 4 is 0 Å². The van der Waals surface area contributed by atoms with Gasteiger partial charge in [0.2, 0.25) is 0 Å².